The summed E-state index contributed by atoms with van der Waals surface area (Å²) in [5.74, 6) is 0.736. The van der Waals surface area contributed by atoms with Crippen LogP contribution < -0.4 is 10.1 Å². The van der Waals surface area contributed by atoms with Gasteiger partial charge in [-0.2, -0.15) is 0 Å². The minimum absolute atomic E-state index is 0.291. The van der Waals surface area contributed by atoms with Gasteiger partial charge < -0.3 is 10.1 Å². The largest absolute Gasteiger partial charge is 0.481 e. The van der Waals surface area contributed by atoms with Crippen LogP contribution in [0.5, 0.6) is 5.88 Å². The summed E-state index contributed by atoms with van der Waals surface area (Å²) >= 11 is 0. The third-order valence-corrected chi connectivity index (χ3v) is 3.71. The molecule has 1 saturated carbocycles. The van der Waals surface area contributed by atoms with E-state index < -0.39 is 0 Å². The average molecular weight is 234 g/mol. The second kappa shape index (κ2) is 5.50. The van der Waals surface area contributed by atoms with Gasteiger partial charge in [0.2, 0.25) is 5.88 Å². The highest BCUT2D eigenvalue weighted by atomic mass is 16.5. The van der Waals surface area contributed by atoms with Crippen LogP contribution in [0.15, 0.2) is 18.3 Å². The Morgan fingerprint density at radius 1 is 1.35 bits per heavy atom. The molecule has 0 radical (unpaired) electrons. The molecule has 1 aromatic rings. The summed E-state index contributed by atoms with van der Waals surface area (Å²) in [5.41, 5.74) is 1.43. The molecule has 0 spiro atoms. The smallest absolute Gasteiger partial charge is 0.217 e. The zero-order valence-corrected chi connectivity index (χ0v) is 10.8. The second-order valence-electron chi connectivity index (χ2n) is 5.15. The van der Waals surface area contributed by atoms with E-state index in [1.165, 1.54) is 32.1 Å². The van der Waals surface area contributed by atoms with Crippen LogP contribution >= 0.6 is 0 Å². The van der Waals surface area contributed by atoms with Gasteiger partial charge in [-0.05, 0) is 25.8 Å². The summed E-state index contributed by atoms with van der Waals surface area (Å²) in [5, 5.41) is 3.67. The Morgan fingerprint density at radius 2 is 2.12 bits per heavy atom. The minimum atomic E-state index is 0.291. The lowest BCUT2D eigenvalue weighted by atomic mass is 9.83. The molecule has 1 N–H and O–H groups in total. The van der Waals surface area contributed by atoms with Crippen molar-refractivity contribution in [2.75, 3.05) is 7.11 Å². The van der Waals surface area contributed by atoms with Crippen LogP contribution in [0.2, 0.25) is 0 Å². The number of aromatic nitrogens is 1. The number of nitrogens with zero attached hydrogens (tertiary/aromatic N) is 1. The summed E-state index contributed by atoms with van der Waals surface area (Å²) < 4.78 is 5.27. The molecular formula is C14H22N2O. The lowest BCUT2D eigenvalue weighted by Gasteiger charge is -2.34. The fourth-order valence-corrected chi connectivity index (χ4v) is 2.56. The van der Waals surface area contributed by atoms with Crippen LogP contribution in [-0.2, 0) is 6.54 Å². The second-order valence-corrected chi connectivity index (χ2v) is 5.15. The highest BCUT2D eigenvalue weighted by Crippen LogP contribution is 2.28. The van der Waals surface area contributed by atoms with Crippen molar-refractivity contribution in [1.29, 1.82) is 0 Å². The van der Waals surface area contributed by atoms with Crippen molar-refractivity contribution in [3.8, 4) is 5.88 Å². The third kappa shape index (κ3) is 3.19. The van der Waals surface area contributed by atoms with E-state index in [-0.39, 0.29) is 0 Å². The van der Waals surface area contributed by atoms with Crippen molar-refractivity contribution in [3.05, 3.63) is 23.9 Å². The van der Waals surface area contributed by atoms with Gasteiger partial charge in [0.25, 0.3) is 0 Å². The Bertz CT molecular complexity index is 359. The topological polar surface area (TPSA) is 34.1 Å². The summed E-state index contributed by atoms with van der Waals surface area (Å²) in [6.07, 6.45) is 8.38. The standard InChI is InChI=1S/C14H22N2O/c1-14(8-4-3-5-9-14)16-11-12-7-6-10-15-13(12)17-2/h6-7,10,16H,3-5,8-9,11H2,1-2H3. The fourth-order valence-electron chi connectivity index (χ4n) is 2.56. The highest BCUT2D eigenvalue weighted by Gasteiger charge is 2.26. The summed E-state index contributed by atoms with van der Waals surface area (Å²) in [7, 11) is 1.67. The van der Waals surface area contributed by atoms with E-state index >= 15 is 0 Å². The van der Waals surface area contributed by atoms with Gasteiger partial charge >= 0.3 is 0 Å². The molecule has 2 rings (SSSR count). The molecule has 1 fully saturated rings. The molecule has 3 heteroatoms. The zero-order chi connectivity index (χ0) is 12.1. The van der Waals surface area contributed by atoms with Crippen LogP contribution in [0.1, 0.15) is 44.6 Å². The monoisotopic (exact) mass is 234 g/mol. The molecular weight excluding hydrogens is 212 g/mol. The van der Waals surface area contributed by atoms with Gasteiger partial charge in [-0.1, -0.05) is 25.3 Å². The van der Waals surface area contributed by atoms with E-state index in [0.29, 0.717) is 5.54 Å². The number of hydrogen-bond acceptors (Lipinski definition) is 3. The van der Waals surface area contributed by atoms with E-state index in [1.807, 2.05) is 6.07 Å². The Labute approximate surface area is 104 Å². The SMILES string of the molecule is COc1ncccc1CNC1(C)CCCCC1. The first kappa shape index (κ1) is 12.4. The number of pyridine rings is 1. The molecule has 0 unspecified atom stereocenters. The number of nitrogens with one attached hydrogen (secondary N) is 1. The van der Waals surface area contributed by atoms with Crippen molar-refractivity contribution in [2.24, 2.45) is 0 Å². The molecule has 0 aromatic carbocycles. The molecule has 94 valence electrons. The normalized spacial score (nSPS) is 18.9. The van der Waals surface area contributed by atoms with Crippen molar-refractivity contribution >= 4 is 0 Å². The summed E-state index contributed by atoms with van der Waals surface area (Å²) in [4.78, 5) is 4.22. The molecule has 1 aliphatic rings. The highest BCUT2D eigenvalue weighted by molar-refractivity contribution is 5.25. The maximum Gasteiger partial charge on any atom is 0.217 e. The van der Waals surface area contributed by atoms with Gasteiger partial charge in [-0.3, -0.25) is 0 Å². The molecule has 0 aliphatic heterocycles. The van der Waals surface area contributed by atoms with Gasteiger partial charge in [-0.15, -0.1) is 0 Å². The maximum absolute atomic E-state index is 5.27. The minimum Gasteiger partial charge on any atom is -0.481 e. The summed E-state index contributed by atoms with van der Waals surface area (Å²) in [6, 6.07) is 4.04. The first-order chi connectivity index (χ1) is 8.23. The molecule has 0 amide bonds. The Kier molecular flexibility index (Phi) is 4.00. The molecule has 1 aromatic heterocycles. The molecule has 0 atom stereocenters. The van der Waals surface area contributed by atoms with Crippen LogP contribution in [0.4, 0.5) is 0 Å². The van der Waals surface area contributed by atoms with E-state index in [1.54, 1.807) is 13.3 Å². The van der Waals surface area contributed by atoms with Crippen molar-refractivity contribution < 1.29 is 4.74 Å². The Balaban J connectivity index is 1.96. The van der Waals surface area contributed by atoms with Crippen LogP contribution in [0, 0.1) is 0 Å². The van der Waals surface area contributed by atoms with Crippen molar-refractivity contribution in [1.82, 2.24) is 10.3 Å². The van der Waals surface area contributed by atoms with E-state index in [0.717, 1.165) is 18.0 Å². The van der Waals surface area contributed by atoms with E-state index in [2.05, 4.69) is 23.3 Å². The number of ether oxygens (including phenoxy) is 1. The van der Waals surface area contributed by atoms with Gasteiger partial charge in [0.15, 0.2) is 0 Å². The molecule has 3 nitrogen and oxygen atoms in total. The van der Waals surface area contributed by atoms with Crippen LogP contribution in [0.3, 0.4) is 0 Å². The van der Waals surface area contributed by atoms with E-state index in [4.69, 9.17) is 4.74 Å². The lowest BCUT2D eigenvalue weighted by molar-refractivity contribution is 0.251. The predicted molar refractivity (Wildman–Crippen MR) is 69.1 cm³/mol. The van der Waals surface area contributed by atoms with Crippen molar-refractivity contribution in [2.45, 2.75) is 51.1 Å². The van der Waals surface area contributed by atoms with Gasteiger partial charge in [0, 0.05) is 23.8 Å². The first-order valence-electron chi connectivity index (χ1n) is 6.46. The number of hydrogen-bond donors (Lipinski definition) is 1. The predicted octanol–water partition coefficient (Wildman–Crippen LogP) is 2.90. The van der Waals surface area contributed by atoms with Crippen LogP contribution in [0.25, 0.3) is 0 Å². The Hall–Kier alpha value is -1.09. The van der Waals surface area contributed by atoms with Crippen LogP contribution in [-0.4, -0.2) is 17.6 Å². The zero-order valence-electron chi connectivity index (χ0n) is 10.8. The fraction of sp³-hybridized carbons (Fsp3) is 0.643. The molecule has 0 saturated heterocycles. The average Bonchev–Trinajstić information content (AvgIpc) is 2.38. The number of rotatable bonds is 4. The lowest BCUT2D eigenvalue weighted by Crippen LogP contribution is -2.43. The molecule has 1 heterocycles. The van der Waals surface area contributed by atoms with E-state index in [9.17, 15) is 0 Å². The van der Waals surface area contributed by atoms with Gasteiger partial charge in [-0.25, -0.2) is 4.98 Å². The molecule has 0 bridgehead atoms. The van der Waals surface area contributed by atoms with Gasteiger partial charge in [0.1, 0.15) is 0 Å². The first-order valence-corrected chi connectivity index (χ1v) is 6.46. The van der Waals surface area contributed by atoms with Crippen molar-refractivity contribution in [3.63, 3.8) is 0 Å². The number of methoxy groups -OCH3 is 1. The van der Waals surface area contributed by atoms with Gasteiger partial charge in [0.05, 0.1) is 7.11 Å². The third-order valence-electron chi connectivity index (χ3n) is 3.71. The molecule has 1 aliphatic carbocycles. The maximum atomic E-state index is 5.27. The Morgan fingerprint density at radius 3 is 2.82 bits per heavy atom. The summed E-state index contributed by atoms with van der Waals surface area (Å²) in [6.45, 7) is 3.17. The quantitative estimate of drug-likeness (QED) is 0.869. The molecule has 17 heavy (non-hydrogen) atoms.